The van der Waals surface area contributed by atoms with Gasteiger partial charge in [-0.1, -0.05) is 44.5 Å². The molecule has 0 bridgehead atoms. The predicted molar refractivity (Wildman–Crippen MR) is 117 cm³/mol. The summed E-state index contributed by atoms with van der Waals surface area (Å²) in [5, 5.41) is 7.80. The van der Waals surface area contributed by atoms with Gasteiger partial charge in [-0.25, -0.2) is 0 Å². The number of aryl methyl sites for hydroxylation is 1. The Morgan fingerprint density at radius 2 is 1.77 bits per heavy atom. The number of thiocarbonyl (C=S) groups is 1. The molecule has 0 atom stereocenters. The third-order valence-corrected chi connectivity index (χ3v) is 4.37. The number of unbranched alkanes of at least 4 members (excludes halogenated alkanes) is 1. The lowest BCUT2D eigenvalue weighted by Crippen LogP contribution is -2.23. The van der Waals surface area contributed by atoms with Crippen LogP contribution < -0.4 is 15.6 Å². The molecule has 0 aliphatic rings. The van der Waals surface area contributed by atoms with Crippen molar-refractivity contribution in [3.63, 3.8) is 0 Å². The Hall–Kier alpha value is -2.40. The molecule has 4 nitrogen and oxygen atoms in total. The van der Waals surface area contributed by atoms with Crippen molar-refractivity contribution in [1.29, 1.82) is 0 Å². The van der Waals surface area contributed by atoms with Gasteiger partial charge in [0.25, 0.3) is 0 Å². The average molecular weight is 369 g/mol. The Morgan fingerprint density at radius 1 is 1.08 bits per heavy atom. The molecule has 26 heavy (non-hydrogen) atoms. The van der Waals surface area contributed by atoms with Crippen molar-refractivity contribution in [3.8, 4) is 0 Å². The Kier molecular flexibility index (Phi) is 8.09. The van der Waals surface area contributed by atoms with Crippen LogP contribution in [0, 0.1) is 0 Å². The maximum Gasteiger partial charge on any atom is 0.191 e. The summed E-state index contributed by atoms with van der Waals surface area (Å²) in [6, 6.07) is 16.6. The number of benzene rings is 2. The van der Waals surface area contributed by atoms with Crippen LogP contribution in [0.25, 0.3) is 0 Å². The molecular weight excluding hydrogens is 340 g/mol. The van der Waals surface area contributed by atoms with E-state index in [9.17, 15) is 0 Å². The second-order valence-electron chi connectivity index (χ2n) is 6.24. The molecule has 0 saturated carbocycles. The zero-order valence-corrected chi connectivity index (χ0v) is 16.6. The molecule has 0 radical (unpaired) electrons. The first kappa shape index (κ1) is 19.9. The fraction of sp³-hybridized carbons (Fsp3) is 0.333. The zero-order valence-electron chi connectivity index (χ0n) is 15.8. The van der Waals surface area contributed by atoms with Gasteiger partial charge in [0.2, 0.25) is 0 Å². The van der Waals surface area contributed by atoms with Crippen molar-refractivity contribution < 1.29 is 0 Å². The van der Waals surface area contributed by atoms with Gasteiger partial charge in [-0.05, 0) is 60.5 Å². The number of hydrogen-bond acceptors (Lipinski definition) is 3. The summed E-state index contributed by atoms with van der Waals surface area (Å²) in [6.45, 7) is 5.42. The first-order chi connectivity index (χ1) is 12.6. The second-order valence-corrected chi connectivity index (χ2v) is 6.65. The van der Waals surface area contributed by atoms with E-state index < -0.39 is 0 Å². The number of nitrogens with one attached hydrogen (secondary N) is 2. The highest BCUT2D eigenvalue weighted by Gasteiger charge is 2.00. The number of anilines is 2. The van der Waals surface area contributed by atoms with E-state index in [1.807, 2.05) is 12.1 Å². The minimum absolute atomic E-state index is 0.474. The predicted octanol–water partition coefficient (Wildman–Crippen LogP) is 4.81. The van der Waals surface area contributed by atoms with Crippen LogP contribution in [0.4, 0.5) is 11.4 Å². The highest BCUT2D eigenvalue weighted by molar-refractivity contribution is 7.80. The molecule has 0 aromatic heterocycles. The maximum absolute atomic E-state index is 5.27. The monoisotopic (exact) mass is 368 g/mol. The minimum atomic E-state index is 0.474. The van der Waals surface area contributed by atoms with E-state index >= 15 is 0 Å². The van der Waals surface area contributed by atoms with Gasteiger partial charge >= 0.3 is 0 Å². The van der Waals surface area contributed by atoms with Crippen LogP contribution in [-0.2, 0) is 6.42 Å². The van der Waals surface area contributed by atoms with Crippen LogP contribution in [0.15, 0.2) is 53.6 Å². The van der Waals surface area contributed by atoms with E-state index in [0.29, 0.717) is 5.11 Å². The van der Waals surface area contributed by atoms with Crippen molar-refractivity contribution >= 4 is 34.9 Å². The summed E-state index contributed by atoms with van der Waals surface area (Å²) in [6.07, 6.45) is 5.21. The summed E-state index contributed by atoms with van der Waals surface area (Å²) in [5.74, 6) is 0. The van der Waals surface area contributed by atoms with Crippen molar-refractivity contribution in [2.45, 2.75) is 33.1 Å². The first-order valence-corrected chi connectivity index (χ1v) is 9.53. The van der Waals surface area contributed by atoms with E-state index in [1.54, 1.807) is 6.21 Å². The average Bonchev–Trinajstić information content (AvgIpc) is 2.67. The van der Waals surface area contributed by atoms with Crippen LogP contribution in [0.3, 0.4) is 0 Å². The van der Waals surface area contributed by atoms with Gasteiger partial charge < -0.3 is 10.2 Å². The summed E-state index contributed by atoms with van der Waals surface area (Å²) < 4.78 is 0. The second kappa shape index (κ2) is 10.6. The molecule has 5 heteroatoms. The summed E-state index contributed by atoms with van der Waals surface area (Å²) in [5.41, 5.74) is 7.35. The van der Waals surface area contributed by atoms with Gasteiger partial charge in [0, 0.05) is 25.0 Å². The lowest BCUT2D eigenvalue weighted by molar-refractivity contribution is 0.767. The molecule has 138 valence electrons. The highest BCUT2D eigenvalue weighted by Crippen LogP contribution is 2.13. The molecule has 2 rings (SSSR count). The molecule has 0 aliphatic heterocycles. The normalized spacial score (nSPS) is 10.7. The molecule has 0 heterocycles. The largest absolute Gasteiger partial charge is 0.375 e. The molecule has 0 aliphatic carbocycles. The Bertz CT molecular complexity index is 708. The lowest BCUT2D eigenvalue weighted by atomic mass is 10.1. The van der Waals surface area contributed by atoms with Crippen molar-refractivity contribution in [3.05, 3.63) is 59.7 Å². The van der Waals surface area contributed by atoms with Crippen molar-refractivity contribution in [2.24, 2.45) is 5.10 Å². The summed E-state index contributed by atoms with van der Waals surface area (Å²) >= 11 is 5.27. The molecule has 2 N–H and O–H groups in total. The quantitative estimate of drug-likeness (QED) is 0.399. The maximum atomic E-state index is 5.27. The number of nitrogens with zero attached hydrogens (tertiary/aromatic N) is 2. The van der Waals surface area contributed by atoms with Crippen LogP contribution in [0.5, 0.6) is 0 Å². The standard InChI is InChI=1S/C21H28N4S/c1-4-6-15-25(3)20-13-9-18(10-14-20)16-22-24-21(26)23-19-11-7-17(5-2)8-12-19/h7-14,16H,4-6,15H2,1-3H3,(H2,23,24,26)/b22-16-. The molecule has 0 spiro atoms. The molecule has 0 fully saturated rings. The number of hydrazone groups is 1. The van der Waals surface area contributed by atoms with Crippen LogP contribution in [0.1, 0.15) is 37.8 Å². The van der Waals surface area contributed by atoms with Gasteiger partial charge in [-0.15, -0.1) is 0 Å². The van der Waals surface area contributed by atoms with Crippen LogP contribution >= 0.6 is 12.2 Å². The summed E-state index contributed by atoms with van der Waals surface area (Å²) in [4.78, 5) is 2.27. The molecule has 2 aromatic rings. The third kappa shape index (κ3) is 6.48. The molecular formula is C21H28N4S. The van der Waals surface area contributed by atoms with E-state index in [0.717, 1.165) is 24.2 Å². The van der Waals surface area contributed by atoms with Crippen LogP contribution in [-0.4, -0.2) is 24.9 Å². The van der Waals surface area contributed by atoms with Gasteiger partial charge in [0.05, 0.1) is 6.21 Å². The first-order valence-electron chi connectivity index (χ1n) is 9.12. The SMILES string of the molecule is CCCCN(C)c1ccc(/C=N\NC(=S)Nc2ccc(CC)cc2)cc1. The number of rotatable bonds is 8. The zero-order chi connectivity index (χ0) is 18.8. The minimum Gasteiger partial charge on any atom is -0.375 e. The van der Waals surface area contributed by atoms with E-state index in [-0.39, 0.29) is 0 Å². The number of hydrogen-bond donors (Lipinski definition) is 2. The fourth-order valence-electron chi connectivity index (χ4n) is 2.49. The van der Waals surface area contributed by atoms with Crippen LogP contribution in [0.2, 0.25) is 0 Å². The van der Waals surface area contributed by atoms with E-state index in [2.05, 4.69) is 78.0 Å². The molecule has 2 aromatic carbocycles. The lowest BCUT2D eigenvalue weighted by Gasteiger charge is -2.18. The van der Waals surface area contributed by atoms with E-state index in [4.69, 9.17) is 12.2 Å². The topological polar surface area (TPSA) is 39.7 Å². The Labute approximate surface area is 162 Å². The van der Waals surface area contributed by atoms with Crippen molar-refractivity contribution in [1.82, 2.24) is 5.43 Å². The van der Waals surface area contributed by atoms with Gasteiger partial charge in [0.15, 0.2) is 5.11 Å². The smallest absolute Gasteiger partial charge is 0.191 e. The van der Waals surface area contributed by atoms with E-state index in [1.165, 1.54) is 24.1 Å². The van der Waals surface area contributed by atoms with Gasteiger partial charge in [-0.3, -0.25) is 5.43 Å². The van der Waals surface area contributed by atoms with Crippen molar-refractivity contribution in [2.75, 3.05) is 23.8 Å². The Morgan fingerprint density at radius 3 is 2.38 bits per heavy atom. The molecule has 0 amide bonds. The van der Waals surface area contributed by atoms with Gasteiger partial charge in [0.1, 0.15) is 0 Å². The van der Waals surface area contributed by atoms with Gasteiger partial charge in [-0.2, -0.15) is 5.10 Å². The Balaban J connectivity index is 1.82. The molecule has 0 unspecified atom stereocenters. The molecule has 0 saturated heterocycles. The highest BCUT2D eigenvalue weighted by atomic mass is 32.1. The summed E-state index contributed by atoms with van der Waals surface area (Å²) in [7, 11) is 2.12. The fourth-order valence-corrected chi connectivity index (χ4v) is 2.66. The third-order valence-electron chi connectivity index (χ3n) is 4.18.